The predicted octanol–water partition coefficient (Wildman–Crippen LogP) is 6.12. The molecule has 0 N–H and O–H groups in total. The molecule has 172 valence electrons. The van der Waals surface area contributed by atoms with Gasteiger partial charge in [-0.05, 0) is 41.0 Å². The van der Waals surface area contributed by atoms with Gasteiger partial charge in [0.1, 0.15) is 12.2 Å². The second-order valence-corrected chi connectivity index (χ2v) is 9.09. The minimum Gasteiger partial charge on any atom is -0.454 e. The summed E-state index contributed by atoms with van der Waals surface area (Å²) in [5.41, 5.74) is 4.42. The van der Waals surface area contributed by atoms with Crippen molar-refractivity contribution in [3.05, 3.63) is 143 Å². The van der Waals surface area contributed by atoms with Gasteiger partial charge in [0, 0.05) is 17.8 Å². The van der Waals surface area contributed by atoms with Crippen LogP contribution in [0.5, 0.6) is 0 Å². The van der Waals surface area contributed by atoms with E-state index >= 15 is 0 Å². The van der Waals surface area contributed by atoms with Gasteiger partial charge in [-0.15, -0.1) is 0 Å². The highest BCUT2D eigenvalue weighted by Gasteiger charge is 2.61. The van der Waals surface area contributed by atoms with Crippen LogP contribution in [0.25, 0.3) is 0 Å². The number of benzene rings is 4. The number of fused-ring (bicyclic) bond motifs is 5. The van der Waals surface area contributed by atoms with Gasteiger partial charge in [0.15, 0.2) is 0 Å². The summed E-state index contributed by atoms with van der Waals surface area (Å²) in [5, 5.41) is 0. The van der Waals surface area contributed by atoms with Gasteiger partial charge in [0.05, 0.1) is 11.1 Å². The lowest BCUT2D eigenvalue weighted by Gasteiger charge is -2.31. The first-order chi connectivity index (χ1) is 17.2. The minimum atomic E-state index is -0.597. The van der Waals surface area contributed by atoms with Crippen LogP contribution in [-0.4, -0.2) is 24.1 Å². The lowest BCUT2D eigenvalue weighted by atomic mass is 9.87. The zero-order valence-electron chi connectivity index (χ0n) is 19.0. The molecule has 4 atom stereocenters. The van der Waals surface area contributed by atoms with E-state index in [1.165, 1.54) is 0 Å². The molecule has 0 saturated heterocycles. The van der Waals surface area contributed by atoms with E-state index in [4.69, 9.17) is 9.47 Å². The molecule has 1 saturated carbocycles. The van der Waals surface area contributed by atoms with Crippen LogP contribution in [-0.2, 0) is 9.47 Å². The summed E-state index contributed by atoms with van der Waals surface area (Å²) in [7, 11) is 0. The van der Waals surface area contributed by atoms with E-state index in [-0.39, 0.29) is 17.8 Å². The van der Waals surface area contributed by atoms with E-state index in [0.29, 0.717) is 11.1 Å². The third-order valence-electron chi connectivity index (χ3n) is 7.21. The number of hydrogen-bond donors (Lipinski definition) is 0. The van der Waals surface area contributed by atoms with E-state index in [0.717, 1.165) is 16.7 Å². The highest BCUT2D eigenvalue weighted by molar-refractivity contribution is 5.90. The van der Waals surface area contributed by atoms with Crippen LogP contribution >= 0.6 is 0 Å². The number of ether oxygens (including phenoxy) is 2. The SMILES string of the molecule is O=C(OC1C(OC(=O)c2ccccc2)C2c3ccccc3C1C2c1ccccc1)c1ccccc1. The van der Waals surface area contributed by atoms with Crippen molar-refractivity contribution in [2.75, 3.05) is 0 Å². The van der Waals surface area contributed by atoms with Crippen LogP contribution in [0.3, 0.4) is 0 Å². The van der Waals surface area contributed by atoms with Crippen molar-refractivity contribution < 1.29 is 19.1 Å². The lowest BCUT2D eigenvalue weighted by molar-refractivity contribution is -0.0348. The van der Waals surface area contributed by atoms with Crippen LogP contribution in [0.15, 0.2) is 115 Å². The maximum Gasteiger partial charge on any atom is 0.338 e. The van der Waals surface area contributed by atoms with Crippen molar-refractivity contribution in [2.24, 2.45) is 0 Å². The van der Waals surface area contributed by atoms with Crippen LogP contribution in [0.1, 0.15) is 55.2 Å². The van der Waals surface area contributed by atoms with Crippen molar-refractivity contribution in [1.29, 1.82) is 0 Å². The molecule has 4 aromatic rings. The molecule has 4 nitrogen and oxygen atoms in total. The largest absolute Gasteiger partial charge is 0.454 e. The average Bonchev–Trinajstić information content (AvgIpc) is 3.42. The Bertz CT molecular complexity index is 1260. The molecule has 4 heteroatoms. The zero-order valence-corrected chi connectivity index (χ0v) is 19.0. The number of hydrogen-bond acceptors (Lipinski definition) is 4. The maximum atomic E-state index is 13.2. The minimum absolute atomic E-state index is 0.0377. The van der Waals surface area contributed by atoms with Crippen molar-refractivity contribution in [2.45, 2.75) is 30.0 Å². The maximum absolute atomic E-state index is 13.2. The third kappa shape index (κ3) is 3.71. The first-order valence-corrected chi connectivity index (χ1v) is 11.9. The molecular formula is C31H24O4. The topological polar surface area (TPSA) is 52.6 Å². The first-order valence-electron chi connectivity index (χ1n) is 11.9. The summed E-state index contributed by atoms with van der Waals surface area (Å²) in [4.78, 5) is 26.3. The quantitative estimate of drug-likeness (QED) is 0.337. The van der Waals surface area contributed by atoms with Gasteiger partial charge in [0.25, 0.3) is 0 Å². The first kappa shape index (κ1) is 21.4. The Morgan fingerprint density at radius 3 is 1.26 bits per heavy atom. The summed E-state index contributed by atoms with van der Waals surface area (Å²) < 4.78 is 12.3. The fourth-order valence-electron chi connectivity index (χ4n) is 5.80. The predicted molar refractivity (Wildman–Crippen MR) is 132 cm³/mol. The fourth-order valence-corrected chi connectivity index (χ4v) is 5.80. The second-order valence-electron chi connectivity index (χ2n) is 9.09. The normalized spacial score (nSPS) is 23.9. The van der Waals surface area contributed by atoms with Gasteiger partial charge in [-0.25, -0.2) is 9.59 Å². The summed E-state index contributed by atoms with van der Waals surface area (Å²) in [6, 6.07) is 36.4. The van der Waals surface area contributed by atoms with Crippen molar-refractivity contribution in [1.82, 2.24) is 0 Å². The van der Waals surface area contributed by atoms with Gasteiger partial charge >= 0.3 is 11.9 Å². The average molecular weight is 461 g/mol. The molecule has 0 heterocycles. The molecule has 1 fully saturated rings. The van der Waals surface area contributed by atoms with Gasteiger partial charge in [0.2, 0.25) is 0 Å². The monoisotopic (exact) mass is 460 g/mol. The van der Waals surface area contributed by atoms with Crippen molar-refractivity contribution in [3.8, 4) is 0 Å². The standard InChI is InChI=1S/C31H24O4/c32-30(21-14-6-2-7-15-21)34-28-26-23-18-10-11-19-24(23)27(25(26)20-12-4-1-5-13-20)29(28)35-31(33)22-16-8-3-9-17-22/h1-19,25-29H. The molecule has 35 heavy (non-hydrogen) atoms. The Labute approximate surface area is 204 Å². The molecule has 2 bridgehead atoms. The van der Waals surface area contributed by atoms with Crippen molar-refractivity contribution >= 4 is 11.9 Å². The highest BCUT2D eigenvalue weighted by Crippen LogP contribution is 2.63. The van der Waals surface area contributed by atoms with Crippen molar-refractivity contribution in [3.63, 3.8) is 0 Å². The van der Waals surface area contributed by atoms with Crippen LogP contribution in [0, 0.1) is 0 Å². The molecule has 4 aromatic carbocycles. The lowest BCUT2D eigenvalue weighted by Crippen LogP contribution is -2.39. The molecular weight excluding hydrogens is 436 g/mol. The Morgan fingerprint density at radius 1 is 0.457 bits per heavy atom. The summed E-state index contributed by atoms with van der Waals surface area (Å²) in [5.74, 6) is -1.00. The van der Waals surface area contributed by atoms with E-state index in [1.807, 2.05) is 66.7 Å². The summed E-state index contributed by atoms with van der Waals surface area (Å²) >= 11 is 0. The highest BCUT2D eigenvalue weighted by atomic mass is 16.6. The van der Waals surface area contributed by atoms with Crippen LogP contribution < -0.4 is 0 Å². The molecule has 0 amide bonds. The molecule has 4 unspecified atom stereocenters. The van der Waals surface area contributed by atoms with Gasteiger partial charge in [-0.1, -0.05) is 91.0 Å². The number of esters is 2. The summed E-state index contributed by atoms with van der Waals surface area (Å²) in [6.45, 7) is 0. The fraction of sp³-hybridized carbons (Fsp3) is 0.161. The third-order valence-corrected chi connectivity index (χ3v) is 7.21. The Kier molecular flexibility index (Phi) is 5.42. The number of carbonyl (C=O) groups excluding carboxylic acids is 2. The molecule has 6 rings (SSSR count). The Balaban J connectivity index is 1.42. The molecule has 0 aliphatic heterocycles. The zero-order chi connectivity index (χ0) is 23.8. The number of carbonyl (C=O) groups is 2. The molecule has 0 spiro atoms. The van der Waals surface area contributed by atoms with E-state index in [2.05, 4.69) is 24.3 Å². The molecule has 2 aliphatic carbocycles. The Morgan fingerprint density at radius 2 is 0.829 bits per heavy atom. The van der Waals surface area contributed by atoms with Gasteiger partial charge in [-0.3, -0.25) is 0 Å². The second kappa shape index (κ2) is 8.88. The van der Waals surface area contributed by atoms with Gasteiger partial charge < -0.3 is 9.47 Å². The molecule has 2 aliphatic rings. The molecule has 0 radical (unpaired) electrons. The van der Waals surface area contributed by atoms with Crippen LogP contribution in [0.2, 0.25) is 0 Å². The van der Waals surface area contributed by atoms with Gasteiger partial charge in [-0.2, -0.15) is 0 Å². The number of rotatable bonds is 5. The van der Waals surface area contributed by atoms with E-state index in [9.17, 15) is 9.59 Å². The summed E-state index contributed by atoms with van der Waals surface area (Å²) in [6.07, 6.45) is -1.19. The Hall–Kier alpha value is -4.18. The van der Waals surface area contributed by atoms with E-state index < -0.39 is 24.1 Å². The smallest absolute Gasteiger partial charge is 0.338 e. The molecule has 0 aromatic heterocycles. The van der Waals surface area contributed by atoms with Crippen LogP contribution in [0.4, 0.5) is 0 Å². The van der Waals surface area contributed by atoms with E-state index in [1.54, 1.807) is 24.3 Å².